The monoisotopic (exact) mass is 555 g/mol. The highest BCUT2D eigenvalue weighted by Crippen LogP contribution is 2.25. The number of carbonyl (C=O) groups excluding carboxylic acids is 2. The maximum Gasteiger partial charge on any atom is 0.244 e. The third-order valence-electron chi connectivity index (χ3n) is 6.47. The van der Waals surface area contributed by atoms with Crippen molar-refractivity contribution in [3.05, 3.63) is 64.7 Å². The number of sulfonamides is 1. The van der Waals surface area contributed by atoms with Gasteiger partial charge in [-0.3, -0.25) is 13.9 Å². The molecule has 0 saturated heterocycles. The third kappa shape index (κ3) is 7.88. The van der Waals surface area contributed by atoms with E-state index in [1.807, 2.05) is 0 Å². The van der Waals surface area contributed by atoms with E-state index < -0.39 is 40.2 Å². The average Bonchev–Trinajstić information content (AvgIpc) is 2.85. The van der Waals surface area contributed by atoms with Crippen molar-refractivity contribution in [2.45, 2.75) is 64.1 Å². The van der Waals surface area contributed by atoms with Gasteiger partial charge in [-0.15, -0.1) is 0 Å². The molecule has 1 atom stereocenters. The minimum atomic E-state index is -3.98. The summed E-state index contributed by atoms with van der Waals surface area (Å²) >= 11 is 5.86. The maximum atomic E-state index is 13.7. The van der Waals surface area contributed by atoms with Crippen molar-refractivity contribution in [1.29, 1.82) is 0 Å². The molecule has 0 heterocycles. The Kier molecular flexibility index (Phi) is 9.89. The Morgan fingerprint density at radius 3 is 2.30 bits per heavy atom. The van der Waals surface area contributed by atoms with Gasteiger partial charge in [0.2, 0.25) is 21.8 Å². The van der Waals surface area contributed by atoms with E-state index in [1.165, 1.54) is 35.2 Å². The molecule has 0 spiro atoms. The van der Waals surface area contributed by atoms with Crippen LogP contribution in [0, 0.1) is 11.6 Å². The van der Waals surface area contributed by atoms with Gasteiger partial charge < -0.3 is 10.2 Å². The lowest BCUT2D eigenvalue weighted by Crippen LogP contribution is -2.53. The molecule has 1 aliphatic carbocycles. The molecule has 0 aromatic heterocycles. The Morgan fingerprint density at radius 2 is 1.73 bits per heavy atom. The van der Waals surface area contributed by atoms with E-state index >= 15 is 0 Å². The van der Waals surface area contributed by atoms with Gasteiger partial charge in [0.25, 0.3) is 0 Å². The second kappa shape index (κ2) is 12.7. The van der Waals surface area contributed by atoms with Crippen molar-refractivity contribution in [2.75, 3.05) is 17.1 Å². The third-order valence-corrected chi connectivity index (χ3v) is 7.90. The van der Waals surface area contributed by atoms with Crippen LogP contribution in [0.2, 0.25) is 5.02 Å². The van der Waals surface area contributed by atoms with Crippen molar-refractivity contribution < 1.29 is 26.8 Å². The van der Waals surface area contributed by atoms with E-state index in [1.54, 1.807) is 6.92 Å². The minimum Gasteiger partial charge on any atom is -0.352 e. The standard InChI is InChI=1S/C26H32ClF2N3O4S/c1-3-24(26(34)30-20-7-5-4-6-8-20)31(16-18-9-11-19(28)12-10-18)25(33)17-32(37(2,35)36)21-13-14-23(29)22(27)15-21/h9-15,20,24H,3-8,16-17H2,1-2H3,(H,30,34)/t24-/m0/s1. The SMILES string of the molecule is CC[C@@H](C(=O)NC1CCCCC1)N(Cc1ccc(F)cc1)C(=O)CN(c1ccc(F)c(Cl)c1)S(C)(=O)=O. The summed E-state index contributed by atoms with van der Waals surface area (Å²) in [5, 5.41) is 2.75. The predicted molar refractivity (Wildman–Crippen MR) is 140 cm³/mol. The number of hydrogen-bond acceptors (Lipinski definition) is 4. The number of nitrogens with one attached hydrogen (secondary N) is 1. The Bertz CT molecular complexity index is 1200. The molecule has 0 unspecified atom stereocenters. The smallest absolute Gasteiger partial charge is 0.244 e. The molecule has 37 heavy (non-hydrogen) atoms. The number of amides is 2. The van der Waals surface area contributed by atoms with E-state index in [9.17, 15) is 26.8 Å². The molecule has 0 radical (unpaired) electrons. The molecule has 0 aliphatic heterocycles. The molecule has 1 aliphatic rings. The number of anilines is 1. The number of hydrogen-bond donors (Lipinski definition) is 1. The first-order chi connectivity index (χ1) is 17.5. The van der Waals surface area contributed by atoms with Crippen LogP contribution in [0.15, 0.2) is 42.5 Å². The van der Waals surface area contributed by atoms with Crippen LogP contribution in [0.25, 0.3) is 0 Å². The zero-order valence-electron chi connectivity index (χ0n) is 20.9. The highest BCUT2D eigenvalue weighted by molar-refractivity contribution is 7.92. The molecule has 2 amide bonds. The zero-order chi connectivity index (χ0) is 27.2. The first-order valence-electron chi connectivity index (χ1n) is 12.3. The summed E-state index contributed by atoms with van der Waals surface area (Å²) in [4.78, 5) is 28.3. The van der Waals surface area contributed by atoms with Crippen LogP contribution in [0.1, 0.15) is 51.0 Å². The van der Waals surface area contributed by atoms with Gasteiger partial charge in [-0.1, -0.05) is 49.9 Å². The predicted octanol–water partition coefficient (Wildman–Crippen LogP) is 4.64. The molecular weight excluding hydrogens is 524 g/mol. The summed E-state index contributed by atoms with van der Waals surface area (Å²) in [5.74, 6) is -2.13. The largest absolute Gasteiger partial charge is 0.352 e. The van der Waals surface area contributed by atoms with E-state index in [4.69, 9.17) is 11.6 Å². The molecule has 2 aromatic carbocycles. The van der Waals surface area contributed by atoms with Crippen LogP contribution in [0.5, 0.6) is 0 Å². The summed E-state index contributed by atoms with van der Waals surface area (Å²) in [6.07, 6.45) is 6.09. The summed E-state index contributed by atoms with van der Waals surface area (Å²) in [6, 6.07) is 8.03. The molecule has 11 heteroatoms. The summed E-state index contributed by atoms with van der Waals surface area (Å²) in [7, 11) is -3.98. The Balaban J connectivity index is 1.92. The van der Waals surface area contributed by atoms with Gasteiger partial charge in [0.15, 0.2) is 0 Å². The summed E-state index contributed by atoms with van der Waals surface area (Å²) in [5.41, 5.74) is 0.595. The maximum absolute atomic E-state index is 13.7. The Labute approximate surface area is 221 Å². The summed E-state index contributed by atoms with van der Waals surface area (Å²) in [6.45, 7) is 1.11. The van der Waals surface area contributed by atoms with Crippen LogP contribution in [-0.2, 0) is 26.2 Å². The number of rotatable bonds is 10. The van der Waals surface area contributed by atoms with Crippen LogP contribution in [0.4, 0.5) is 14.5 Å². The zero-order valence-corrected chi connectivity index (χ0v) is 22.5. The number of nitrogens with zero attached hydrogens (tertiary/aromatic N) is 2. The lowest BCUT2D eigenvalue weighted by atomic mass is 9.95. The van der Waals surface area contributed by atoms with Crippen molar-refractivity contribution in [3.63, 3.8) is 0 Å². The molecule has 0 bridgehead atoms. The van der Waals surface area contributed by atoms with Gasteiger partial charge in [0.1, 0.15) is 24.2 Å². The second-order valence-corrected chi connectivity index (χ2v) is 11.6. The van der Waals surface area contributed by atoms with Crippen LogP contribution in [-0.4, -0.2) is 50.0 Å². The molecule has 2 aromatic rings. The van der Waals surface area contributed by atoms with Crippen LogP contribution >= 0.6 is 11.6 Å². The fourth-order valence-electron chi connectivity index (χ4n) is 4.50. The molecule has 3 rings (SSSR count). The highest BCUT2D eigenvalue weighted by Gasteiger charge is 2.33. The van der Waals surface area contributed by atoms with Gasteiger partial charge in [-0.2, -0.15) is 0 Å². The topological polar surface area (TPSA) is 86.8 Å². The molecule has 1 N–H and O–H groups in total. The van der Waals surface area contributed by atoms with Gasteiger partial charge in [0, 0.05) is 12.6 Å². The first-order valence-corrected chi connectivity index (χ1v) is 14.5. The van der Waals surface area contributed by atoms with Gasteiger partial charge in [0.05, 0.1) is 17.0 Å². The lowest BCUT2D eigenvalue weighted by molar-refractivity contribution is -0.140. The Hall–Kier alpha value is -2.72. The van der Waals surface area contributed by atoms with Crippen molar-refractivity contribution in [3.8, 4) is 0 Å². The van der Waals surface area contributed by atoms with Gasteiger partial charge >= 0.3 is 0 Å². The fourth-order valence-corrected chi connectivity index (χ4v) is 5.52. The van der Waals surface area contributed by atoms with Gasteiger partial charge in [-0.05, 0) is 55.2 Å². The minimum absolute atomic E-state index is 0.0173. The van der Waals surface area contributed by atoms with E-state index in [-0.39, 0.29) is 35.6 Å². The lowest BCUT2D eigenvalue weighted by Gasteiger charge is -2.34. The molecule has 7 nitrogen and oxygen atoms in total. The highest BCUT2D eigenvalue weighted by atomic mass is 35.5. The van der Waals surface area contributed by atoms with E-state index in [2.05, 4.69) is 5.32 Å². The van der Waals surface area contributed by atoms with E-state index in [0.717, 1.165) is 54.8 Å². The van der Waals surface area contributed by atoms with Gasteiger partial charge in [-0.25, -0.2) is 17.2 Å². The number of halogens is 3. The van der Waals surface area contributed by atoms with Crippen LogP contribution < -0.4 is 9.62 Å². The van der Waals surface area contributed by atoms with Crippen LogP contribution in [0.3, 0.4) is 0 Å². The fraction of sp³-hybridized carbons (Fsp3) is 0.462. The van der Waals surface area contributed by atoms with Crippen molar-refractivity contribution in [2.24, 2.45) is 0 Å². The quantitative estimate of drug-likeness (QED) is 0.463. The molecular formula is C26H32ClF2N3O4S. The Morgan fingerprint density at radius 1 is 1.08 bits per heavy atom. The number of carbonyl (C=O) groups is 2. The van der Waals surface area contributed by atoms with E-state index in [0.29, 0.717) is 5.56 Å². The molecule has 202 valence electrons. The van der Waals surface area contributed by atoms with Crippen molar-refractivity contribution >= 4 is 39.1 Å². The number of benzene rings is 2. The molecule has 1 saturated carbocycles. The summed E-state index contributed by atoms with van der Waals surface area (Å²) < 4.78 is 53.3. The average molecular weight is 556 g/mol. The molecule has 1 fully saturated rings. The normalized spacial score (nSPS) is 15.2. The van der Waals surface area contributed by atoms with Crippen molar-refractivity contribution in [1.82, 2.24) is 10.2 Å². The first kappa shape index (κ1) is 28.8. The second-order valence-electron chi connectivity index (χ2n) is 9.28.